The van der Waals surface area contributed by atoms with E-state index in [4.69, 9.17) is 18.0 Å². The number of rotatable bonds is 2. The molecule has 0 aliphatic heterocycles. The Hall–Kier alpha value is -1.82. The van der Waals surface area contributed by atoms with Gasteiger partial charge in [0.2, 0.25) is 0 Å². The van der Waals surface area contributed by atoms with Gasteiger partial charge in [-0.25, -0.2) is 14.6 Å². The fourth-order valence-corrected chi connectivity index (χ4v) is 1.13. The maximum atomic E-state index is 5.46. The summed E-state index contributed by atoms with van der Waals surface area (Å²) < 4.78 is 1.54. The fraction of sp³-hybridized carbons (Fsp3) is 0. The van der Waals surface area contributed by atoms with Gasteiger partial charge in [0.1, 0.15) is 17.6 Å². The number of nitrogens with zero attached hydrogens (tertiary/aromatic N) is 4. The SMILES string of the molecule is NC(=S)c1cccc(-n2cncn2)n1. The van der Waals surface area contributed by atoms with Crippen molar-refractivity contribution in [2.45, 2.75) is 0 Å². The largest absolute Gasteiger partial charge is 0.388 e. The Morgan fingerprint density at radius 2 is 2.29 bits per heavy atom. The van der Waals surface area contributed by atoms with Crippen LogP contribution in [-0.2, 0) is 0 Å². The van der Waals surface area contributed by atoms with Crippen LogP contribution >= 0.6 is 12.2 Å². The van der Waals surface area contributed by atoms with E-state index in [1.807, 2.05) is 6.07 Å². The fourth-order valence-electron chi connectivity index (χ4n) is 1.01. The molecule has 0 bridgehead atoms. The second kappa shape index (κ2) is 3.51. The predicted molar refractivity (Wildman–Crippen MR) is 55.0 cm³/mol. The van der Waals surface area contributed by atoms with Crippen molar-refractivity contribution in [3.63, 3.8) is 0 Å². The highest BCUT2D eigenvalue weighted by molar-refractivity contribution is 7.80. The molecule has 70 valence electrons. The first-order valence-corrected chi connectivity index (χ1v) is 4.30. The number of aromatic nitrogens is 4. The Balaban J connectivity index is 2.46. The van der Waals surface area contributed by atoms with Gasteiger partial charge in [0.25, 0.3) is 0 Å². The summed E-state index contributed by atoms with van der Waals surface area (Å²) in [7, 11) is 0. The zero-order valence-electron chi connectivity index (χ0n) is 7.16. The lowest BCUT2D eigenvalue weighted by atomic mass is 10.3. The third-order valence-electron chi connectivity index (χ3n) is 1.64. The van der Waals surface area contributed by atoms with Crippen LogP contribution in [-0.4, -0.2) is 24.7 Å². The molecule has 0 aliphatic carbocycles. The van der Waals surface area contributed by atoms with Crippen molar-refractivity contribution in [3.05, 3.63) is 36.5 Å². The van der Waals surface area contributed by atoms with E-state index in [1.165, 1.54) is 6.33 Å². The van der Waals surface area contributed by atoms with E-state index >= 15 is 0 Å². The molecule has 0 fully saturated rings. The number of nitrogens with two attached hydrogens (primary N) is 1. The molecule has 0 saturated carbocycles. The summed E-state index contributed by atoms with van der Waals surface area (Å²) in [6.45, 7) is 0. The van der Waals surface area contributed by atoms with Crippen molar-refractivity contribution in [1.29, 1.82) is 0 Å². The molecular formula is C8H7N5S. The van der Waals surface area contributed by atoms with Crippen molar-refractivity contribution < 1.29 is 0 Å². The molecule has 6 heteroatoms. The highest BCUT2D eigenvalue weighted by Crippen LogP contribution is 2.03. The van der Waals surface area contributed by atoms with Crippen LogP contribution in [0.25, 0.3) is 5.82 Å². The summed E-state index contributed by atoms with van der Waals surface area (Å²) in [6.07, 6.45) is 3.00. The molecule has 2 N–H and O–H groups in total. The molecule has 2 aromatic heterocycles. The monoisotopic (exact) mass is 205 g/mol. The number of hydrogen-bond acceptors (Lipinski definition) is 4. The van der Waals surface area contributed by atoms with Crippen LogP contribution in [0.15, 0.2) is 30.9 Å². The number of hydrogen-bond donors (Lipinski definition) is 1. The molecule has 14 heavy (non-hydrogen) atoms. The Bertz CT molecular complexity index is 451. The third-order valence-corrected chi connectivity index (χ3v) is 1.85. The van der Waals surface area contributed by atoms with E-state index in [1.54, 1.807) is 23.1 Å². The topological polar surface area (TPSA) is 69.6 Å². The van der Waals surface area contributed by atoms with Crippen molar-refractivity contribution >= 4 is 17.2 Å². The first kappa shape index (κ1) is 8.76. The Morgan fingerprint density at radius 3 is 2.93 bits per heavy atom. The molecule has 2 aromatic rings. The third kappa shape index (κ3) is 1.60. The van der Waals surface area contributed by atoms with Gasteiger partial charge in [-0.1, -0.05) is 18.3 Å². The van der Waals surface area contributed by atoms with Crippen molar-refractivity contribution in [3.8, 4) is 5.82 Å². The summed E-state index contributed by atoms with van der Waals surface area (Å²) in [5.74, 6) is 0.646. The molecular weight excluding hydrogens is 198 g/mol. The predicted octanol–water partition coefficient (Wildman–Crippen LogP) is 0.296. The lowest BCUT2D eigenvalue weighted by Crippen LogP contribution is -2.12. The van der Waals surface area contributed by atoms with E-state index < -0.39 is 0 Å². The molecule has 0 amide bonds. The second-order valence-corrected chi connectivity index (χ2v) is 3.03. The highest BCUT2D eigenvalue weighted by Gasteiger charge is 2.01. The van der Waals surface area contributed by atoms with Gasteiger partial charge in [0.05, 0.1) is 5.69 Å². The molecule has 0 spiro atoms. The van der Waals surface area contributed by atoms with Gasteiger partial charge in [-0.15, -0.1) is 0 Å². The minimum absolute atomic E-state index is 0.270. The minimum atomic E-state index is 0.270. The maximum Gasteiger partial charge on any atom is 0.155 e. The normalized spacial score (nSPS) is 10.0. The summed E-state index contributed by atoms with van der Waals surface area (Å²) in [4.78, 5) is 8.30. The van der Waals surface area contributed by atoms with Crippen LogP contribution in [0.1, 0.15) is 5.69 Å². The lowest BCUT2D eigenvalue weighted by Gasteiger charge is -2.01. The van der Waals surface area contributed by atoms with Crippen LogP contribution in [0.3, 0.4) is 0 Å². The Morgan fingerprint density at radius 1 is 1.43 bits per heavy atom. The summed E-state index contributed by atoms with van der Waals surface area (Å²) >= 11 is 4.82. The highest BCUT2D eigenvalue weighted by atomic mass is 32.1. The average Bonchev–Trinajstić information content (AvgIpc) is 2.71. The molecule has 0 aromatic carbocycles. The Labute approximate surface area is 85.6 Å². The van der Waals surface area contributed by atoms with Gasteiger partial charge in [0.15, 0.2) is 5.82 Å². The quantitative estimate of drug-likeness (QED) is 0.714. The molecule has 0 radical (unpaired) electrons. The van der Waals surface area contributed by atoms with Crippen molar-refractivity contribution in [1.82, 2.24) is 19.7 Å². The minimum Gasteiger partial charge on any atom is -0.388 e. The van der Waals surface area contributed by atoms with Crippen LogP contribution in [0.4, 0.5) is 0 Å². The molecule has 2 rings (SSSR count). The molecule has 0 aliphatic rings. The van der Waals surface area contributed by atoms with Crippen molar-refractivity contribution in [2.24, 2.45) is 5.73 Å². The Kier molecular flexibility index (Phi) is 2.19. The standard InChI is InChI=1S/C8H7N5S/c9-8(14)6-2-1-3-7(12-6)13-5-10-4-11-13/h1-5H,(H2,9,14). The molecule has 5 nitrogen and oxygen atoms in total. The molecule has 0 unspecified atom stereocenters. The summed E-state index contributed by atoms with van der Waals surface area (Å²) in [6, 6.07) is 5.37. The average molecular weight is 205 g/mol. The first-order valence-electron chi connectivity index (χ1n) is 3.89. The zero-order valence-corrected chi connectivity index (χ0v) is 7.98. The van der Waals surface area contributed by atoms with Gasteiger partial charge < -0.3 is 5.73 Å². The van der Waals surface area contributed by atoms with Gasteiger partial charge in [-0.2, -0.15) is 5.10 Å². The van der Waals surface area contributed by atoms with E-state index in [-0.39, 0.29) is 4.99 Å². The first-order chi connectivity index (χ1) is 6.77. The van der Waals surface area contributed by atoms with E-state index in [0.717, 1.165) is 0 Å². The van der Waals surface area contributed by atoms with Crippen LogP contribution in [0.2, 0.25) is 0 Å². The van der Waals surface area contributed by atoms with Gasteiger partial charge in [0, 0.05) is 0 Å². The smallest absolute Gasteiger partial charge is 0.155 e. The van der Waals surface area contributed by atoms with E-state index in [0.29, 0.717) is 11.5 Å². The summed E-state index contributed by atoms with van der Waals surface area (Å²) in [5.41, 5.74) is 6.04. The molecule has 0 atom stereocenters. The molecule has 0 saturated heterocycles. The van der Waals surface area contributed by atoms with Crippen LogP contribution in [0.5, 0.6) is 0 Å². The lowest BCUT2D eigenvalue weighted by molar-refractivity contribution is 0.844. The van der Waals surface area contributed by atoms with Crippen LogP contribution < -0.4 is 5.73 Å². The molecule has 2 heterocycles. The van der Waals surface area contributed by atoms with E-state index in [9.17, 15) is 0 Å². The second-order valence-electron chi connectivity index (χ2n) is 2.59. The number of pyridine rings is 1. The van der Waals surface area contributed by atoms with Crippen molar-refractivity contribution in [2.75, 3.05) is 0 Å². The number of thiocarbonyl (C=S) groups is 1. The van der Waals surface area contributed by atoms with Gasteiger partial charge in [-0.3, -0.25) is 0 Å². The zero-order chi connectivity index (χ0) is 9.97. The summed E-state index contributed by atoms with van der Waals surface area (Å²) in [5, 5.41) is 3.95. The van der Waals surface area contributed by atoms with Gasteiger partial charge >= 0.3 is 0 Å². The van der Waals surface area contributed by atoms with Crippen LogP contribution in [0, 0.1) is 0 Å². The van der Waals surface area contributed by atoms with E-state index in [2.05, 4.69) is 15.1 Å². The van der Waals surface area contributed by atoms with Gasteiger partial charge in [-0.05, 0) is 12.1 Å². The maximum absolute atomic E-state index is 5.46.